The summed E-state index contributed by atoms with van der Waals surface area (Å²) in [5, 5.41) is -0.164. The van der Waals surface area contributed by atoms with Crippen molar-refractivity contribution < 1.29 is 8.42 Å². The number of rotatable bonds is 3. The van der Waals surface area contributed by atoms with Gasteiger partial charge in [-0.25, -0.2) is 13.1 Å². The lowest BCUT2D eigenvalue weighted by molar-refractivity contribution is 0.379. The molecule has 0 aliphatic heterocycles. The van der Waals surface area contributed by atoms with E-state index in [-0.39, 0.29) is 11.3 Å². The quantitative estimate of drug-likeness (QED) is 0.808. The van der Waals surface area contributed by atoms with Gasteiger partial charge in [0.25, 0.3) is 0 Å². The number of hydrogen-bond acceptors (Lipinski definition) is 2. The molecule has 0 spiro atoms. The molecule has 0 amide bonds. The summed E-state index contributed by atoms with van der Waals surface area (Å²) < 4.78 is 27.8. The van der Waals surface area contributed by atoms with Gasteiger partial charge in [0.1, 0.15) is 0 Å². The second-order valence-corrected chi connectivity index (χ2v) is 8.21. The van der Waals surface area contributed by atoms with Gasteiger partial charge < -0.3 is 0 Å². The Morgan fingerprint density at radius 3 is 2.47 bits per heavy atom. The average Bonchev–Trinajstić information content (AvgIpc) is 2.33. The van der Waals surface area contributed by atoms with E-state index >= 15 is 0 Å². The summed E-state index contributed by atoms with van der Waals surface area (Å²) in [6, 6.07) is 0.0182. The number of allylic oxidation sites excluding steroid dienone is 1. The first-order chi connectivity index (χ1) is 9.08. The van der Waals surface area contributed by atoms with Crippen LogP contribution >= 0.6 is 0 Å². The highest BCUT2D eigenvalue weighted by Crippen LogP contribution is 2.28. The van der Waals surface area contributed by atoms with Crippen molar-refractivity contribution in [3.05, 3.63) is 12.2 Å². The molecule has 0 aromatic carbocycles. The highest BCUT2D eigenvalue weighted by molar-refractivity contribution is 7.90. The van der Waals surface area contributed by atoms with Gasteiger partial charge in [-0.15, -0.1) is 0 Å². The van der Waals surface area contributed by atoms with Crippen LogP contribution in [0.2, 0.25) is 0 Å². The number of sulfonamides is 1. The molecular formula is C15H27NO2S. The van der Waals surface area contributed by atoms with Crippen LogP contribution < -0.4 is 4.72 Å². The summed E-state index contributed by atoms with van der Waals surface area (Å²) in [5.74, 6) is 0.688. The third kappa shape index (κ3) is 4.60. The van der Waals surface area contributed by atoms with Crippen LogP contribution in [0.1, 0.15) is 64.7 Å². The fourth-order valence-electron chi connectivity index (χ4n) is 3.11. The van der Waals surface area contributed by atoms with E-state index in [1.165, 1.54) is 12.8 Å². The van der Waals surface area contributed by atoms with Gasteiger partial charge in [0.2, 0.25) is 10.0 Å². The standard InChI is InChI=1S/C15H27NO2S/c1-13-9-11-15(12-10-13)19(17,18)16-14-7-5-3-2-4-6-8-14/h5,7,13-16H,2-4,6,8-12H2,1H3/b7-5-. The zero-order valence-corrected chi connectivity index (χ0v) is 12.8. The Balaban J connectivity index is 1.93. The number of hydrogen-bond donors (Lipinski definition) is 1. The van der Waals surface area contributed by atoms with Crippen LogP contribution in [0.25, 0.3) is 0 Å². The molecule has 0 radical (unpaired) electrons. The van der Waals surface area contributed by atoms with E-state index in [0.717, 1.165) is 44.9 Å². The fraction of sp³-hybridized carbons (Fsp3) is 0.867. The second-order valence-electron chi connectivity index (χ2n) is 6.22. The Hall–Kier alpha value is -0.350. The van der Waals surface area contributed by atoms with Gasteiger partial charge >= 0.3 is 0 Å². The van der Waals surface area contributed by atoms with Crippen LogP contribution in [0.4, 0.5) is 0 Å². The molecule has 1 atom stereocenters. The zero-order valence-electron chi connectivity index (χ0n) is 12.0. The monoisotopic (exact) mass is 285 g/mol. The molecule has 1 N–H and O–H groups in total. The van der Waals surface area contributed by atoms with Crippen molar-refractivity contribution in [1.82, 2.24) is 4.72 Å². The van der Waals surface area contributed by atoms with Crippen LogP contribution in [0.5, 0.6) is 0 Å². The first-order valence-electron chi connectivity index (χ1n) is 7.76. The van der Waals surface area contributed by atoms with Crippen LogP contribution in [0.3, 0.4) is 0 Å². The number of nitrogens with one attached hydrogen (secondary N) is 1. The van der Waals surface area contributed by atoms with Gasteiger partial charge in [0.05, 0.1) is 5.25 Å². The van der Waals surface area contributed by atoms with Crippen LogP contribution in [0, 0.1) is 5.92 Å². The summed E-state index contributed by atoms with van der Waals surface area (Å²) in [7, 11) is -3.14. The maximum Gasteiger partial charge on any atom is 0.215 e. The van der Waals surface area contributed by atoms with Gasteiger partial charge in [-0.05, 0) is 50.9 Å². The van der Waals surface area contributed by atoms with E-state index in [2.05, 4.69) is 23.8 Å². The average molecular weight is 285 g/mol. The molecule has 4 heteroatoms. The van der Waals surface area contributed by atoms with E-state index in [1.54, 1.807) is 0 Å². The third-order valence-electron chi connectivity index (χ3n) is 4.47. The maximum atomic E-state index is 12.4. The van der Waals surface area contributed by atoms with Crippen molar-refractivity contribution in [2.45, 2.75) is 76.0 Å². The van der Waals surface area contributed by atoms with E-state index in [1.807, 2.05) is 0 Å². The topological polar surface area (TPSA) is 46.2 Å². The summed E-state index contributed by atoms with van der Waals surface area (Å²) in [6.07, 6.45) is 13.5. The van der Waals surface area contributed by atoms with Gasteiger partial charge in [-0.1, -0.05) is 31.9 Å². The van der Waals surface area contributed by atoms with Gasteiger partial charge in [0, 0.05) is 6.04 Å². The summed E-state index contributed by atoms with van der Waals surface area (Å²) in [4.78, 5) is 0. The Morgan fingerprint density at radius 2 is 1.74 bits per heavy atom. The lowest BCUT2D eigenvalue weighted by Crippen LogP contribution is -2.41. The predicted molar refractivity (Wildman–Crippen MR) is 79.5 cm³/mol. The molecule has 0 heterocycles. The minimum Gasteiger partial charge on any atom is -0.212 e. The smallest absolute Gasteiger partial charge is 0.212 e. The van der Waals surface area contributed by atoms with E-state index in [4.69, 9.17) is 0 Å². The Bertz CT molecular complexity index is 394. The van der Waals surface area contributed by atoms with Crippen molar-refractivity contribution in [2.75, 3.05) is 0 Å². The molecule has 19 heavy (non-hydrogen) atoms. The lowest BCUT2D eigenvalue weighted by atomic mass is 9.91. The molecule has 1 unspecified atom stereocenters. The van der Waals surface area contributed by atoms with Crippen molar-refractivity contribution in [1.29, 1.82) is 0 Å². The van der Waals surface area contributed by atoms with E-state index < -0.39 is 10.0 Å². The lowest BCUT2D eigenvalue weighted by Gasteiger charge is -2.28. The normalized spacial score (nSPS) is 35.3. The summed E-state index contributed by atoms with van der Waals surface area (Å²) >= 11 is 0. The fourth-order valence-corrected chi connectivity index (χ4v) is 4.81. The van der Waals surface area contributed by atoms with Crippen LogP contribution in [-0.4, -0.2) is 19.7 Å². The van der Waals surface area contributed by atoms with Gasteiger partial charge in [-0.2, -0.15) is 0 Å². The minimum absolute atomic E-state index is 0.0182. The van der Waals surface area contributed by atoms with Crippen molar-refractivity contribution >= 4 is 10.0 Å². The molecule has 2 rings (SSSR count). The molecule has 2 aliphatic carbocycles. The van der Waals surface area contributed by atoms with Crippen molar-refractivity contribution in [3.63, 3.8) is 0 Å². The Kier molecular flexibility index (Phi) is 5.46. The highest BCUT2D eigenvalue weighted by Gasteiger charge is 2.30. The largest absolute Gasteiger partial charge is 0.215 e. The molecule has 110 valence electrons. The molecule has 0 aromatic rings. The first-order valence-corrected chi connectivity index (χ1v) is 9.30. The molecule has 0 bridgehead atoms. The summed E-state index contributed by atoms with van der Waals surface area (Å²) in [5.41, 5.74) is 0. The van der Waals surface area contributed by atoms with E-state index in [0.29, 0.717) is 5.92 Å². The van der Waals surface area contributed by atoms with E-state index in [9.17, 15) is 8.42 Å². The molecule has 0 aromatic heterocycles. The predicted octanol–water partition coefficient (Wildman–Crippen LogP) is 3.37. The molecule has 1 fully saturated rings. The van der Waals surface area contributed by atoms with Crippen LogP contribution in [0.15, 0.2) is 12.2 Å². The molecular weight excluding hydrogens is 258 g/mol. The Labute approximate surface area is 117 Å². The molecule has 2 aliphatic rings. The summed E-state index contributed by atoms with van der Waals surface area (Å²) in [6.45, 7) is 2.22. The molecule has 3 nitrogen and oxygen atoms in total. The highest BCUT2D eigenvalue weighted by atomic mass is 32.2. The van der Waals surface area contributed by atoms with Crippen molar-refractivity contribution in [2.24, 2.45) is 5.92 Å². The SMILES string of the molecule is CC1CCC(S(=O)(=O)NC2/C=C\CCCCC2)CC1. The van der Waals surface area contributed by atoms with Gasteiger partial charge in [-0.3, -0.25) is 0 Å². The third-order valence-corrected chi connectivity index (χ3v) is 6.45. The minimum atomic E-state index is -3.14. The Morgan fingerprint density at radius 1 is 1.00 bits per heavy atom. The molecule has 1 saturated carbocycles. The second kappa shape index (κ2) is 6.89. The van der Waals surface area contributed by atoms with Crippen LogP contribution in [-0.2, 0) is 10.0 Å². The first kappa shape index (κ1) is 15.0. The molecule has 0 saturated heterocycles. The maximum absolute atomic E-state index is 12.4. The van der Waals surface area contributed by atoms with Crippen molar-refractivity contribution in [3.8, 4) is 0 Å². The van der Waals surface area contributed by atoms with Gasteiger partial charge in [0.15, 0.2) is 0 Å². The zero-order chi connectivity index (χ0) is 13.7.